The van der Waals surface area contributed by atoms with Crippen molar-refractivity contribution in [2.45, 2.75) is 52.4 Å². The second kappa shape index (κ2) is 7.34. The molecule has 3 rings (SSSR count). The van der Waals surface area contributed by atoms with Crippen LogP contribution in [0.2, 0.25) is 0 Å². The molecule has 0 N–H and O–H groups in total. The Morgan fingerprint density at radius 3 is 1.61 bits per heavy atom. The van der Waals surface area contributed by atoms with Crippen molar-refractivity contribution < 1.29 is 0 Å². The van der Waals surface area contributed by atoms with Gasteiger partial charge in [-0.2, -0.15) is 0 Å². The lowest BCUT2D eigenvalue weighted by molar-refractivity contribution is 0.0908. The maximum atomic E-state index is 2.45. The monoisotopic (exact) mass is 306 g/mol. The highest BCUT2D eigenvalue weighted by Gasteiger charge is 2.42. The van der Waals surface area contributed by atoms with Gasteiger partial charge in [0.15, 0.2) is 0 Å². The van der Waals surface area contributed by atoms with E-state index < -0.39 is 0 Å². The Morgan fingerprint density at radius 1 is 0.783 bits per heavy atom. The Bertz CT molecular complexity index is 534. The van der Waals surface area contributed by atoms with E-state index in [9.17, 15) is 0 Å². The molecule has 0 aliphatic heterocycles. The van der Waals surface area contributed by atoms with Gasteiger partial charge in [0, 0.05) is 0 Å². The SMILES string of the molecule is CC(C)C(Cc1ccccc1)(Cc1ccccc1)C1CCCC1. The molecule has 122 valence electrons. The van der Waals surface area contributed by atoms with Crippen molar-refractivity contribution in [3.63, 3.8) is 0 Å². The molecule has 0 heteroatoms. The van der Waals surface area contributed by atoms with Crippen LogP contribution in [0.3, 0.4) is 0 Å². The van der Waals surface area contributed by atoms with Gasteiger partial charge >= 0.3 is 0 Å². The lowest BCUT2D eigenvalue weighted by Crippen LogP contribution is -2.39. The van der Waals surface area contributed by atoms with Crippen LogP contribution in [-0.4, -0.2) is 0 Å². The van der Waals surface area contributed by atoms with Crippen LogP contribution >= 0.6 is 0 Å². The first-order valence-electron chi connectivity index (χ1n) is 9.28. The summed E-state index contributed by atoms with van der Waals surface area (Å²) in [6.07, 6.45) is 8.09. The van der Waals surface area contributed by atoms with E-state index in [1.165, 1.54) is 49.7 Å². The molecule has 1 aliphatic carbocycles. The molecule has 0 amide bonds. The van der Waals surface area contributed by atoms with Gasteiger partial charge in [-0.3, -0.25) is 0 Å². The minimum Gasteiger partial charge on any atom is -0.0622 e. The van der Waals surface area contributed by atoms with Gasteiger partial charge in [-0.05, 0) is 54.1 Å². The van der Waals surface area contributed by atoms with Crippen LogP contribution in [0.1, 0.15) is 50.7 Å². The zero-order chi connectivity index (χ0) is 16.1. The van der Waals surface area contributed by atoms with Crippen LogP contribution < -0.4 is 0 Å². The number of hydrogen-bond donors (Lipinski definition) is 0. The molecule has 0 aromatic heterocycles. The summed E-state index contributed by atoms with van der Waals surface area (Å²) in [7, 11) is 0. The predicted molar refractivity (Wildman–Crippen MR) is 99.5 cm³/mol. The quantitative estimate of drug-likeness (QED) is 0.587. The summed E-state index contributed by atoms with van der Waals surface area (Å²) in [4.78, 5) is 0. The molecule has 0 unspecified atom stereocenters. The molecule has 0 radical (unpaired) electrons. The van der Waals surface area contributed by atoms with Gasteiger partial charge in [-0.1, -0.05) is 87.4 Å². The van der Waals surface area contributed by atoms with E-state index in [0.29, 0.717) is 11.3 Å². The maximum Gasteiger partial charge on any atom is -0.0165 e. The minimum atomic E-state index is 0.388. The summed E-state index contributed by atoms with van der Waals surface area (Å²) in [5, 5.41) is 0. The lowest BCUT2D eigenvalue weighted by atomic mass is 9.61. The standard InChI is InChI=1S/C23H30/c1-19(2)23(22-15-9-10-16-22,17-20-11-5-3-6-12-20)18-21-13-7-4-8-14-21/h3-8,11-14,19,22H,9-10,15-18H2,1-2H3. The van der Waals surface area contributed by atoms with Crippen molar-refractivity contribution in [3.05, 3.63) is 71.8 Å². The van der Waals surface area contributed by atoms with Crippen molar-refractivity contribution in [1.29, 1.82) is 0 Å². The van der Waals surface area contributed by atoms with E-state index in [1.807, 2.05) is 0 Å². The molecule has 1 fully saturated rings. The fraction of sp³-hybridized carbons (Fsp3) is 0.478. The second-order valence-corrected chi connectivity index (χ2v) is 7.69. The summed E-state index contributed by atoms with van der Waals surface area (Å²) in [6.45, 7) is 4.90. The van der Waals surface area contributed by atoms with E-state index in [1.54, 1.807) is 0 Å². The van der Waals surface area contributed by atoms with Crippen molar-refractivity contribution in [2.24, 2.45) is 17.3 Å². The Balaban J connectivity index is 1.95. The largest absolute Gasteiger partial charge is 0.0622 e. The maximum absolute atomic E-state index is 2.45. The van der Waals surface area contributed by atoms with Crippen LogP contribution in [0.5, 0.6) is 0 Å². The number of rotatable bonds is 6. The molecule has 0 heterocycles. The van der Waals surface area contributed by atoms with Gasteiger partial charge in [-0.25, -0.2) is 0 Å². The highest BCUT2D eigenvalue weighted by atomic mass is 14.5. The summed E-state index contributed by atoms with van der Waals surface area (Å²) >= 11 is 0. The molecule has 1 aliphatic rings. The van der Waals surface area contributed by atoms with Crippen molar-refractivity contribution >= 4 is 0 Å². The Kier molecular flexibility index (Phi) is 5.20. The molecule has 2 aromatic carbocycles. The first kappa shape index (κ1) is 16.3. The molecule has 1 saturated carbocycles. The van der Waals surface area contributed by atoms with Gasteiger partial charge in [0.2, 0.25) is 0 Å². The normalized spacial score (nSPS) is 16.1. The third-order valence-corrected chi connectivity index (χ3v) is 6.07. The topological polar surface area (TPSA) is 0 Å². The van der Waals surface area contributed by atoms with Crippen molar-refractivity contribution in [1.82, 2.24) is 0 Å². The van der Waals surface area contributed by atoms with Crippen LogP contribution in [0, 0.1) is 17.3 Å². The highest BCUT2D eigenvalue weighted by Crippen LogP contribution is 2.49. The summed E-state index contributed by atoms with van der Waals surface area (Å²) in [6, 6.07) is 22.3. The average Bonchev–Trinajstić information content (AvgIpc) is 3.11. The van der Waals surface area contributed by atoms with Crippen molar-refractivity contribution in [3.8, 4) is 0 Å². The second-order valence-electron chi connectivity index (χ2n) is 7.69. The zero-order valence-electron chi connectivity index (χ0n) is 14.7. The van der Waals surface area contributed by atoms with Crippen LogP contribution in [0.25, 0.3) is 0 Å². The van der Waals surface area contributed by atoms with Crippen LogP contribution in [0.4, 0.5) is 0 Å². The van der Waals surface area contributed by atoms with E-state index in [-0.39, 0.29) is 0 Å². The Hall–Kier alpha value is -1.56. The predicted octanol–water partition coefficient (Wildman–Crippen LogP) is 6.30. The Labute approximate surface area is 141 Å². The van der Waals surface area contributed by atoms with Gasteiger partial charge in [0.1, 0.15) is 0 Å². The van der Waals surface area contributed by atoms with Gasteiger partial charge in [0.25, 0.3) is 0 Å². The molecule has 2 aromatic rings. The molecule has 0 saturated heterocycles. The molecule has 0 nitrogen and oxygen atoms in total. The Morgan fingerprint density at radius 2 is 1.22 bits per heavy atom. The van der Waals surface area contributed by atoms with E-state index in [4.69, 9.17) is 0 Å². The molecule has 0 spiro atoms. The van der Waals surface area contributed by atoms with E-state index in [0.717, 1.165) is 5.92 Å². The molecular weight excluding hydrogens is 276 g/mol. The van der Waals surface area contributed by atoms with E-state index in [2.05, 4.69) is 74.5 Å². The third kappa shape index (κ3) is 3.68. The highest BCUT2D eigenvalue weighted by molar-refractivity contribution is 5.22. The lowest BCUT2D eigenvalue weighted by Gasteiger charge is -2.44. The van der Waals surface area contributed by atoms with Gasteiger partial charge in [0.05, 0.1) is 0 Å². The zero-order valence-corrected chi connectivity index (χ0v) is 14.7. The van der Waals surface area contributed by atoms with E-state index >= 15 is 0 Å². The first-order valence-corrected chi connectivity index (χ1v) is 9.28. The van der Waals surface area contributed by atoms with Gasteiger partial charge < -0.3 is 0 Å². The van der Waals surface area contributed by atoms with Crippen molar-refractivity contribution in [2.75, 3.05) is 0 Å². The summed E-state index contributed by atoms with van der Waals surface area (Å²) < 4.78 is 0. The molecule has 0 bridgehead atoms. The first-order chi connectivity index (χ1) is 11.2. The molecule has 0 atom stereocenters. The van der Waals surface area contributed by atoms with Gasteiger partial charge in [-0.15, -0.1) is 0 Å². The molecular formula is C23H30. The smallest absolute Gasteiger partial charge is 0.0165 e. The molecule has 23 heavy (non-hydrogen) atoms. The number of hydrogen-bond acceptors (Lipinski definition) is 0. The minimum absolute atomic E-state index is 0.388. The average molecular weight is 306 g/mol. The number of benzene rings is 2. The fourth-order valence-electron chi connectivity index (χ4n) is 4.68. The van der Waals surface area contributed by atoms with Crippen LogP contribution in [-0.2, 0) is 12.8 Å². The third-order valence-electron chi connectivity index (χ3n) is 6.07. The summed E-state index contributed by atoms with van der Waals surface area (Å²) in [5.41, 5.74) is 3.40. The summed E-state index contributed by atoms with van der Waals surface area (Å²) in [5.74, 6) is 1.56. The fourth-order valence-corrected chi connectivity index (χ4v) is 4.68. The van der Waals surface area contributed by atoms with Crippen LogP contribution in [0.15, 0.2) is 60.7 Å².